The lowest BCUT2D eigenvalue weighted by atomic mass is 10.0. The molecule has 1 aliphatic heterocycles. The number of halogens is 2. The number of hydrogen-bond donors (Lipinski definition) is 1. The maximum Gasteiger partial charge on any atom is 0.264 e. The Kier molecular flexibility index (Phi) is 4.50. The molecule has 1 aliphatic rings. The van der Waals surface area contributed by atoms with Crippen LogP contribution in [0.25, 0.3) is 0 Å². The first-order chi connectivity index (χ1) is 11.5. The van der Waals surface area contributed by atoms with Crippen molar-refractivity contribution in [1.29, 1.82) is 0 Å². The molecule has 0 unspecified atom stereocenters. The number of nitrogens with zero attached hydrogens (tertiary/aromatic N) is 4. The topological polar surface area (TPSA) is 81.4 Å². The first-order valence-corrected chi connectivity index (χ1v) is 7.35. The van der Waals surface area contributed by atoms with E-state index in [1.165, 1.54) is 0 Å². The Morgan fingerprint density at radius 3 is 3.04 bits per heavy atom. The molecular weight excluding hydrogens is 320 g/mol. The van der Waals surface area contributed by atoms with E-state index in [2.05, 4.69) is 20.7 Å². The van der Waals surface area contributed by atoms with Gasteiger partial charge in [0.1, 0.15) is 23.8 Å². The van der Waals surface area contributed by atoms with Gasteiger partial charge in [0.15, 0.2) is 0 Å². The molecule has 3 rings (SSSR count). The van der Waals surface area contributed by atoms with Gasteiger partial charge >= 0.3 is 0 Å². The van der Waals surface area contributed by atoms with E-state index in [1.54, 1.807) is 10.9 Å². The van der Waals surface area contributed by atoms with Gasteiger partial charge in [0, 0.05) is 25.1 Å². The highest BCUT2D eigenvalue weighted by Crippen LogP contribution is 2.20. The number of carbonyl (C=O) groups is 1. The van der Waals surface area contributed by atoms with Crippen LogP contribution in [0.5, 0.6) is 0 Å². The van der Waals surface area contributed by atoms with Gasteiger partial charge in [-0.1, -0.05) is 5.16 Å². The summed E-state index contributed by atoms with van der Waals surface area (Å²) in [7, 11) is 0. The van der Waals surface area contributed by atoms with Crippen LogP contribution >= 0.6 is 0 Å². The SMILES string of the molecule is Cc1nncn1CCNC(=O)[C@H]1CC(c2cc(F)ccc2F)=NO1. The summed E-state index contributed by atoms with van der Waals surface area (Å²) >= 11 is 0. The van der Waals surface area contributed by atoms with Gasteiger partial charge in [-0.25, -0.2) is 8.78 Å². The van der Waals surface area contributed by atoms with Crippen molar-refractivity contribution < 1.29 is 18.4 Å². The van der Waals surface area contributed by atoms with Crippen molar-refractivity contribution in [3.8, 4) is 0 Å². The molecule has 0 fully saturated rings. The second kappa shape index (κ2) is 6.73. The van der Waals surface area contributed by atoms with E-state index in [4.69, 9.17) is 4.84 Å². The molecule has 1 N–H and O–H groups in total. The summed E-state index contributed by atoms with van der Waals surface area (Å²) in [6.45, 7) is 2.69. The van der Waals surface area contributed by atoms with Crippen LogP contribution < -0.4 is 5.32 Å². The summed E-state index contributed by atoms with van der Waals surface area (Å²) in [5, 5.41) is 14.0. The smallest absolute Gasteiger partial charge is 0.264 e. The molecule has 2 heterocycles. The minimum absolute atomic E-state index is 0.00501. The number of benzene rings is 1. The Balaban J connectivity index is 1.53. The molecule has 1 amide bonds. The monoisotopic (exact) mass is 335 g/mol. The zero-order valence-corrected chi connectivity index (χ0v) is 12.9. The predicted octanol–water partition coefficient (Wildman–Crippen LogP) is 1.17. The summed E-state index contributed by atoms with van der Waals surface area (Å²) in [5.74, 6) is -0.806. The molecule has 1 aromatic carbocycles. The fourth-order valence-corrected chi connectivity index (χ4v) is 2.34. The lowest BCUT2D eigenvalue weighted by Crippen LogP contribution is -2.36. The first-order valence-electron chi connectivity index (χ1n) is 7.35. The number of aryl methyl sites for hydroxylation is 1. The number of oxime groups is 1. The molecule has 0 spiro atoms. The summed E-state index contributed by atoms with van der Waals surface area (Å²) in [6, 6.07) is 3.07. The number of aromatic nitrogens is 3. The van der Waals surface area contributed by atoms with Crippen molar-refractivity contribution in [3.63, 3.8) is 0 Å². The number of rotatable bonds is 5. The van der Waals surface area contributed by atoms with Gasteiger partial charge in [0.2, 0.25) is 6.10 Å². The van der Waals surface area contributed by atoms with Gasteiger partial charge in [-0.15, -0.1) is 10.2 Å². The molecule has 0 aliphatic carbocycles. The Labute approximate surface area is 136 Å². The van der Waals surface area contributed by atoms with Crippen LogP contribution in [0.1, 0.15) is 17.8 Å². The Hall–Kier alpha value is -2.84. The highest BCUT2D eigenvalue weighted by atomic mass is 19.1. The number of nitrogens with one attached hydrogen (secondary N) is 1. The van der Waals surface area contributed by atoms with Crippen molar-refractivity contribution in [2.24, 2.45) is 5.16 Å². The van der Waals surface area contributed by atoms with Crippen LogP contribution in [-0.2, 0) is 16.2 Å². The van der Waals surface area contributed by atoms with E-state index in [0.29, 0.717) is 13.1 Å². The lowest BCUT2D eigenvalue weighted by Gasteiger charge is -2.10. The maximum atomic E-state index is 13.7. The van der Waals surface area contributed by atoms with Gasteiger partial charge in [0.25, 0.3) is 5.91 Å². The summed E-state index contributed by atoms with van der Waals surface area (Å²) < 4.78 is 28.8. The fourth-order valence-electron chi connectivity index (χ4n) is 2.34. The molecule has 0 saturated carbocycles. The molecular formula is C15H15F2N5O2. The number of hydrogen-bond acceptors (Lipinski definition) is 5. The minimum Gasteiger partial charge on any atom is -0.382 e. The molecule has 0 radical (unpaired) electrons. The zero-order valence-electron chi connectivity index (χ0n) is 12.9. The molecule has 0 saturated heterocycles. The highest BCUT2D eigenvalue weighted by molar-refractivity contribution is 6.04. The Bertz CT molecular complexity index is 790. The summed E-state index contributed by atoms with van der Waals surface area (Å²) in [5.41, 5.74) is 0.215. The second-order valence-electron chi connectivity index (χ2n) is 5.32. The Morgan fingerprint density at radius 1 is 1.46 bits per heavy atom. The van der Waals surface area contributed by atoms with Crippen LogP contribution in [0.3, 0.4) is 0 Å². The third-order valence-electron chi connectivity index (χ3n) is 3.66. The van der Waals surface area contributed by atoms with Gasteiger partial charge in [-0.2, -0.15) is 0 Å². The van der Waals surface area contributed by atoms with E-state index < -0.39 is 17.7 Å². The molecule has 1 aromatic heterocycles. The molecule has 7 nitrogen and oxygen atoms in total. The Morgan fingerprint density at radius 2 is 2.29 bits per heavy atom. The number of carbonyl (C=O) groups excluding carboxylic acids is 1. The third kappa shape index (κ3) is 3.39. The molecule has 126 valence electrons. The van der Waals surface area contributed by atoms with E-state index in [9.17, 15) is 13.6 Å². The average Bonchev–Trinajstić information content (AvgIpc) is 3.19. The van der Waals surface area contributed by atoms with Crippen molar-refractivity contribution in [1.82, 2.24) is 20.1 Å². The third-order valence-corrected chi connectivity index (χ3v) is 3.66. The quantitative estimate of drug-likeness (QED) is 0.889. The average molecular weight is 335 g/mol. The fraction of sp³-hybridized carbons (Fsp3) is 0.333. The first kappa shape index (κ1) is 16.0. The minimum atomic E-state index is -0.857. The van der Waals surface area contributed by atoms with Crippen molar-refractivity contribution in [2.75, 3.05) is 6.54 Å². The van der Waals surface area contributed by atoms with Crippen LogP contribution in [-0.4, -0.2) is 39.0 Å². The van der Waals surface area contributed by atoms with Crippen molar-refractivity contribution >= 4 is 11.6 Å². The maximum absolute atomic E-state index is 13.7. The lowest BCUT2D eigenvalue weighted by molar-refractivity contribution is -0.131. The van der Waals surface area contributed by atoms with E-state index in [0.717, 1.165) is 24.0 Å². The molecule has 24 heavy (non-hydrogen) atoms. The van der Waals surface area contributed by atoms with E-state index >= 15 is 0 Å². The van der Waals surface area contributed by atoms with Crippen molar-refractivity contribution in [3.05, 3.63) is 47.5 Å². The highest BCUT2D eigenvalue weighted by Gasteiger charge is 2.30. The molecule has 0 bridgehead atoms. The van der Waals surface area contributed by atoms with E-state index in [1.807, 2.05) is 6.92 Å². The summed E-state index contributed by atoms with van der Waals surface area (Å²) in [6.07, 6.45) is 0.795. The predicted molar refractivity (Wildman–Crippen MR) is 80.2 cm³/mol. The molecule has 9 heteroatoms. The van der Waals surface area contributed by atoms with Gasteiger partial charge in [-0.05, 0) is 25.1 Å². The molecule has 1 atom stereocenters. The number of amides is 1. The van der Waals surface area contributed by atoms with Crippen LogP contribution in [0.2, 0.25) is 0 Å². The largest absolute Gasteiger partial charge is 0.382 e. The van der Waals surface area contributed by atoms with Crippen molar-refractivity contribution in [2.45, 2.75) is 26.0 Å². The summed E-state index contributed by atoms with van der Waals surface area (Å²) in [4.78, 5) is 17.1. The van der Waals surface area contributed by atoms with Crippen LogP contribution in [0.4, 0.5) is 8.78 Å². The van der Waals surface area contributed by atoms with E-state index in [-0.39, 0.29) is 23.6 Å². The zero-order chi connectivity index (χ0) is 17.1. The van der Waals surface area contributed by atoms with Gasteiger partial charge in [0.05, 0.1) is 5.71 Å². The second-order valence-corrected chi connectivity index (χ2v) is 5.32. The normalized spacial score (nSPS) is 16.6. The standard InChI is InChI=1S/C15H15F2N5O2/c1-9-20-19-8-22(9)5-4-18-15(23)14-7-13(21-24-14)11-6-10(16)2-3-12(11)17/h2-3,6,8,14H,4-5,7H2,1H3,(H,18,23)/t14-/m1/s1. The van der Waals surface area contributed by atoms with Gasteiger partial charge < -0.3 is 14.7 Å². The molecule has 2 aromatic rings. The van der Waals surface area contributed by atoms with Crippen LogP contribution in [0.15, 0.2) is 29.7 Å². The van der Waals surface area contributed by atoms with Crippen LogP contribution in [0, 0.1) is 18.6 Å². The van der Waals surface area contributed by atoms with Gasteiger partial charge in [-0.3, -0.25) is 4.79 Å².